The summed E-state index contributed by atoms with van der Waals surface area (Å²) in [6.07, 6.45) is 4.02. The maximum Gasteiger partial charge on any atom is 0.224 e. The number of carbonyl (C=O) groups excluding carboxylic acids is 2. The molecule has 0 aliphatic rings. The van der Waals surface area contributed by atoms with Gasteiger partial charge in [0.15, 0.2) is 10.9 Å². The number of rotatable bonds is 7. The zero-order chi connectivity index (χ0) is 18.4. The van der Waals surface area contributed by atoms with Crippen molar-refractivity contribution in [2.24, 2.45) is 7.05 Å². The molecule has 0 radical (unpaired) electrons. The summed E-state index contributed by atoms with van der Waals surface area (Å²) in [4.78, 5) is 29.4. The number of aromatic nitrogens is 2. The van der Waals surface area contributed by atoms with Gasteiger partial charge in [0.05, 0.1) is 0 Å². The monoisotopic (exact) mass is 365 g/mol. The molecule has 0 fully saturated rings. The molecule has 1 aromatic heterocycles. The van der Waals surface area contributed by atoms with Crippen LogP contribution < -0.4 is 5.32 Å². The van der Waals surface area contributed by atoms with E-state index in [9.17, 15) is 9.59 Å². The standard InChI is InChI=1S/C20H19N3O2S/c1-23-14-13-21-20(23)26-17-9-7-16(8-10-17)22-19(25)12-11-18(24)15-5-3-2-4-6-15/h2-10,13-14H,11-12H2,1H3,(H,22,25). The zero-order valence-corrected chi connectivity index (χ0v) is 15.2. The number of nitrogens with zero attached hydrogens (tertiary/aromatic N) is 2. The lowest BCUT2D eigenvalue weighted by molar-refractivity contribution is -0.116. The third-order valence-electron chi connectivity index (χ3n) is 3.80. The van der Waals surface area contributed by atoms with Crippen LogP contribution in [0, 0.1) is 0 Å². The lowest BCUT2D eigenvalue weighted by Gasteiger charge is -2.07. The first-order valence-corrected chi connectivity index (χ1v) is 9.07. The Morgan fingerprint density at radius 2 is 1.77 bits per heavy atom. The second-order valence-corrected chi connectivity index (χ2v) is 6.83. The summed E-state index contributed by atoms with van der Waals surface area (Å²) in [5.74, 6) is -0.193. The number of Topliss-reactive ketones (excluding diaryl/α,β-unsaturated/α-hetero) is 1. The van der Waals surface area contributed by atoms with Gasteiger partial charge in [0, 0.05) is 48.4 Å². The first-order valence-electron chi connectivity index (χ1n) is 8.25. The number of benzene rings is 2. The molecule has 0 atom stereocenters. The summed E-state index contributed by atoms with van der Waals surface area (Å²) >= 11 is 1.55. The lowest BCUT2D eigenvalue weighted by Crippen LogP contribution is -2.13. The highest BCUT2D eigenvalue weighted by atomic mass is 32.2. The highest BCUT2D eigenvalue weighted by Gasteiger charge is 2.09. The van der Waals surface area contributed by atoms with Crippen molar-refractivity contribution in [1.29, 1.82) is 0 Å². The highest BCUT2D eigenvalue weighted by molar-refractivity contribution is 7.99. The molecule has 1 amide bonds. The van der Waals surface area contributed by atoms with Gasteiger partial charge in [-0.05, 0) is 24.3 Å². The van der Waals surface area contributed by atoms with Crippen LogP contribution in [0.4, 0.5) is 5.69 Å². The first-order chi connectivity index (χ1) is 12.6. The number of aryl methyl sites for hydroxylation is 1. The lowest BCUT2D eigenvalue weighted by atomic mass is 10.1. The van der Waals surface area contributed by atoms with Crippen LogP contribution in [0.5, 0.6) is 0 Å². The largest absolute Gasteiger partial charge is 0.329 e. The second-order valence-electron chi connectivity index (χ2n) is 5.78. The minimum Gasteiger partial charge on any atom is -0.329 e. The van der Waals surface area contributed by atoms with Crippen molar-refractivity contribution in [2.75, 3.05) is 5.32 Å². The number of ketones is 1. The predicted octanol–water partition coefficient (Wildman–Crippen LogP) is 4.17. The third-order valence-corrected chi connectivity index (χ3v) is 4.88. The van der Waals surface area contributed by atoms with Crippen LogP contribution in [0.3, 0.4) is 0 Å². The number of amides is 1. The van der Waals surface area contributed by atoms with Gasteiger partial charge >= 0.3 is 0 Å². The average Bonchev–Trinajstić information content (AvgIpc) is 3.07. The Morgan fingerprint density at radius 3 is 2.42 bits per heavy atom. The molecule has 3 rings (SSSR count). The summed E-state index contributed by atoms with van der Waals surface area (Å²) in [6, 6.07) is 16.6. The molecule has 6 heteroatoms. The molecule has 0 saturated carbocycles. The highest BCUT2D eigenvalue weighted by Crippen LogP contribution is 2.26. The van der Waals surface area contributed by atoms with Crippen LogP contribution in [0.2, 0.25) is 0 Å². The van der Waals surface area contributed by atoms with Gasteiger partial charge in [-0.3, -0.25) is 9.59 Å². The molecule has 0 saturated heterocycles. The fourth-order valence-electron chi connectivity index (χ4n) is 2.38. The molecular formula is C20H19N3O2S. The van der Waals surface area contributed by atoms with E-state index >= 15 is 0 Å². The first kappa shape index (κ1) is 17.9. The Labute approximate surface area is 156 Å². The molecule has 2 aromatic carbocycles. The number of anilines is 1. The molecule has 0 spiro atoms. The molecule has 1 N–H and O–H groups in total. The van der Waals surface area contributed by atoms with Crippen LogP contribution in [-0.2, 0) is 11.8 Å². The van der Waals surface area contributed by atoms with Crippen molar-refractivity contribution in [3.63, 3.8) is 0 Å². The summed E-state index contributed by atoms with van der Waals surface area (Å²) in [5.41, 5.74) is 1.35. The molecule has 0 unspecified atom stereocenters. The van der Waals surface area contributed by atoms with Gasteiger partial charge in [-0.15, -0.1) is 0 Å². The number of carbonyl (C=O) groups is 2. The molecule has 0 aliphatic carbocycles. The van der Waals surface area contributed by atoms with Gasteiger partial charge in [0.1, 0.15) is 0 Å². The van der Waals surface area contributed by atoms with E-state index in [1.54, 1.807) is 30.1 Å². The third kappa shape index (κ3) is 4.83. The quantitative estimate of drug-likeness (QED) is 0.638. The van der Waals surface area contributed by atoms with E-state index in [4.69, 9.17) is 0 Å². The molecule has 132 valence electrons. The van der Waals surface area contributed by atoms with Gasteiger partial charge < -0.3 is 9.88 Å². The van der Waals surface area contributed by atoms with Crippen LogP contribution >= 0.6 is 11.8 Å². The molecule has 3 aromatic rings. The van der Waals surface area contributed by atoms with Gasteiger partial charge in [-0.2, -0.15) is 0 Å². The van der Waals surface area contributed by atoms with Crippen molar-refractivity contribution >= 4 is 29.1 Å². The Hall–Kier alpha value is -2.86. The summed E-state index contributed by atoms with van der Waals surface area (Å²) in [5, 5.41) is 3.73. The zero-order valence-electron chi connectivity index (χ0n) is 14.4. The second kappa shape index (κ2) is 8.49. The Morgan fingerprint density at radius 1 is 1.04 bits per heavy atom. The average molecular weight is 365 g/mol. The number of imidazole rings is 1. The van der Waals surface area contributed by atoms with Crippen molar-refractivity contribution in [3.8, 4) is 0 Å². The van der Waals surface area contributed by atoms with E-state index < -0.39 is 0 Å². The fourth-order valence-corrected chi connectivity index (χ4v) is 3.18. The number of nitrogens with one attached hydrogen (secondary N) is 1. The van der Waals surface area contributed by atoms with E-state index in [-0.39, 0.29) is 24.5 Å². The van der Waals surface area contributed by atoms with Gasteiger partial charge in [-0.1, -0.05) is 42.1 Å². The van der Waals surface area contributed by atoms with E-state index in [2.05, 4.69) is 10.3 Å². The maximum absolute atomic E-state index is 12.1. The van der Waals surface area contributed by atoms with Gasteiger partial charge in [0.25, 0.3) is 0 Å². The van der Waals surface area contributed by atoms with E-state index in [1.165, 1.54) is 0 Å². The number of hydrogen-bond acceptors (Lipinski definition) is 4. The van der Waals surface area contributed by atoms with Crippen molar-refractivity contribution in [2.45, 2.75) is 22.9 Å². The summed E-state index contributed by atoms with van der Waals surface area (Å²) in [6.45, 7) is 0. The Bertz CT molecular complexity index is 889. The predicted molar refractivity (Wildman–Crippen MR) is 102 cm³/mol. The van der Waals surface area contributed by atoms with Gasteiger partial charge in [0.2, 0.25) is 5.91 Å². The fraction of sp³-hybridized carbons (Fsp3) is 0.150. The topological polar surface area (TPSA) is 64.0 Å². The van der Waals surface area contributed by atoms with Crippen LogP contribution in [0.25, 0.3) is 0 Å². The van der Waals surface area contributed by atoms with Crippen molar-refractivity contribution in [3.05, 3.63) is 72.6 Å². The van der Waals surface area contributed by atoms with Crippen molar-refractivity contribution < 1.29 is 9.59 Å². The Balaban J connectivity index is 1.50. The molecule has 26 heavy (non-hydrogen) atoms. The normalized spacial score (nSPS) is 10.5. The van der Waals surface area contributed by atoms with E-state index in [1.807, 2.05) is 60.3 Å². The van der Waals surface area contributed by atoms with E-state index in [0.717, 1.165) is 10.1 Å². The Kier molecular flexibility index (Phi) is 5.86. The van der Waals surface area contributed by atoms with Crippen LogP contribution in [0.1, 0.15) is 23.2 Å². The van der Waals surface area contributed by atoms with Crippen LogP contribution in [-0.4, -0.2) is 21.2 Å². The SMILES string of the molecule is Cn1ccnc1Sc1ccc(NC(=O)CCC(=O)c2ccccc2)cc1. The minimum absolute atomic E-state index is 0.0254. The minimum atomic E-state index is -0.168. The van der Waals surface area contributed by atoms with Crippen LogP contribution in [0.15, 0.2) is 77.0 Å². The smallest absolute Gasteiger partial charge is 0.224 e. The molecule has 0 aliphatic heterocycles. The molecule has 0 bridgehead atoms. The number of hydrogen-bond donors (Lipinski definition) is 1. The maximum atomic E-state index is 12.1. The summed E-state index contributed by atoms with van der Waals surface area (Å²) in [7, 11) is 1.95. The van der Waals surface area contributed by atoms with Gasteiger partial charge in [-0.25, -0.2) is 4.98 Å². The summed E-state index contributed by atoms with van der Waals surface area (Å²) < 4.78 is 1.95. The van der Waals surface area contributed by atoms with E-state index in [0.29, 0.717) is 11.3 Å². The van der Waals surface area contributed by atoms with Crippen molar-refractivity contribution in [1.82, 2.24) is 9.55 Å². The molecular weight excluding hydrogens is 346 g/mol. The molecule has 1 heterocycles. The molecule has 5 nitrogen and oxygen atoms in total.